The maximum Gasteiger partial charge on any atom is 0.169 e. The van der Waals surface area contributed by atoms with Gasteiger partial charge in [0, 0.05) is 46.4 Å². The largest absolute Gasteiger partial charge is 0.383 e. The number of morpholine rings is 1. The standard InChI is InChI=1S/C17H31N3O2S/c1-21-12-7-18-17(23)20(15-16-5-3-2-4-6-16)9-8-19-10-13-22-14-11-19/h2-3,16H,4-15H2,1H3,(H,18,23). The summed E-state index contributed by atoms with van der Waals surface area (Å²) in [6, 6.07) is 0. The van der Waals surface area contributed by atoms with E-state index in [1.165, 1.54) is 19.3 Å². The van der Waals surface area contributed by atoms with Crippen LogP contribution in [0.3, 0.4) is 0 Å². The molecule has 132 valence electrons. The molecule has 2 aliphatic rings. The summed E-state index contributed by atoms with van der Waals surface area (Å²) in [4.78, 5) is 4.82. The van der Waals surface area contributed by atoms with Crippen molar-refractivity contribution in [3.05, 3.63) is 12.2 Å². The molecule has 1 aliphatic carbocycles. The third-order valence-electron chi connectivity index (χ3n) is 4.52. The Kier molecular flexibility index (Phi) is 8.89. The summed E-state index contributed by atoms with van der Waals surface area (Å²) in [5.74, 6) is 0.715. The van der Waals surface area contributed by atoms with E-state index in [9.17, 15) is 0 Å². The third-order valence-corrected chi connectivity index (χ3v) is 4.92. The van der Waals surface area contributed by atoms with Gasteiger partial charge in [-0.05, 0) is 37.4 Å². The molecule has 0 saturated carbocycles. The molecule has 1 atom stereocenters. The molecule has 0 aromatic rings. The minimum atomic E-state index is 0.684. The van der Waals surface area contributed by atoms with Gasteiger partial charge in [-0.2, -0.15) is 0 Å². The number of thiocarbonyl (C=S) groups is 1. The third kappa shape index (κ3) is 7.16. The predicted molar refractivity (Wildman–Crippen MR) is 97.8 cm³/mol. The number of rotatable bonds is 8. The maximum atomic E-state index is 5.62. The minimum Gasteiger partial charge on any atom is -0.383 e. The van der Waals surface area contributed by atoms with Gasteiger partial charge in [0.1, 0.15) is 0 Å². The number of nitrogens with one attached hydrogen (secondary N) is 1. The first-order chi connectivity index (χ1) is 11.3. The topological polar surface area (TPSA) is 37.0 Å². The first-order valence-electron chi connectivity index (χ1n) is 8.76. The molecule has 0 bridgehead atoms. The SMILES string of the molecule is COCCNC(=S)N(CCN1CCOCC1)CC1CC=CCC1. The van der Waals surface area contributed by atoms with Gasteiger partial charge in [-0.3, -0.25) is 4.90 Å². The lowest BCUT2D eigenvalue weighted by Gasteiger charge is -2.33. The quantitative estimate of drug-likeness (QED) is 0.410. The van der Waals surface area contributed by atoms with Gasteiger partial charge >= 0.3 is 0 Å². The van der Waals surface area contributed by atoms with E-state index >= 15 is 0 Å². The molecular weight excluding hydrogens is 310 g/mol. The Morgan fingerprint density at radius 3 is 2.91 bits per heavy atom. The highest BCUT2D eigenvalue weighted by atomic mass is 32.1. The fourth-order valence-electron chi connectivity index (χ4n) is 3.07. The van der Waals surface area contributed by atoms with Crippen LogP contribution in [0.25, 0.3) is 0 Å². The van der Waals surface area contributed by atoms with Crippen LogP contribution in [0.4, 0.5) is 0 Å². The molecule has 0 radical (unpaired) electrons. The second-order valence-corrected chi connectivity index (χ2v) is 6.66. The monoisotopic (exact) mass is 341 g/mol. The summed E-state index contributed by atoms with van der Waals surface area (Å²) >= 11 is 5.62. The fourth-order valence-corrected chi connectivity index (χ4v) is 3.34. The summed E-state index contributed by atoms with van der Waals surface area (Å²) in [6.07, 6.45) is 8.26. The molecule has 1 heterocycles. The zero-order valence-corrected chi connectivity index (χ0v) is 15.2. The van der Waals surface area contributed by atoms with Gasteiger partial charge in [0.15, 0.2) is 5.11 Å². The molecule has 1 saturated heterocycles. The van der Waals surface area contributed by atoms with E-state index in [0.717, 1.165) is 57.6 Å². The van der Waals surface area contributed by atoms with Crippen molar-refractivity contribution >= 4 is 17.3 Å². The van der Waals surface area contributed by atoms with Gasteiger partial charge in [0.25, 0.3) is 0 Å². The lowest BCUT2D eigenvalue weighted by molar-refractivity contribution is 0.0354. The molecule has 0 spiro atoms. The number of hydrogen-bond acceptors (Lipinski definition) is 4. The zero-order valence-electron chi connectivity index (χ0n) is 14.3. The number of ether oxygens (including phenoxy) is 2. The molecule has 1 fully saturated rings. The van der Waals surface area contributed by atoms with E-state index in [-0.39, 0.29) is 0 Å². The lowest BCUT2D eigenvalue weighted by atomic mass is 9.94. The van der Waals surface area contributed by atoms with Crippen molar-refractivity contribution < 1.29 is 9.47 Å². The molecule has 5 nitrogen and oxygen atoms in total. The Hall–Kier alpha value is -0.690. The van der Waals surface area contributed by atoms with Crippen LogP contribution < -0.4 is 5.32 Å². The van der Waals surface area contributed by atoms with E-state index in [2.05, 4.69) is 27.3 Å². The fraction of sp³-hybridized carbons (Fsp3) is 0.824. The maximum absolute atomic E-state index is 5.62. The Morgan fingerprint density at radius 2 is 2.22 bits per heavy atom. The van der Waals surface area contributed by atoms with Crippen LogP contribution >= 0.6 is 12.2 Å². The molecule has 0 amide bonds. The number of allylic oxidation sites excluding steroid dienone is 2. The van der Waals surface area contributed by atoms with Gasteiger partial charge in [-0.25, -0.2) is 0 Å². The molecule has 1 aliphatic heterocycles. The van der Waals surface area contributed by atoms with Gasteiger partial charge in [0.2, 0.25) is 0 Å². The second-order valence-electron chi connectivity index (χ2n) is 6.28. The van der Waals surface area contributed by atoms with Gasteiger partial charge in [-0.1, -0.05) is 12.2 Å². The summed E-state index contributed by atoms with van der Waals surface area (Å²) < 4.78 is 10.5. The van der Waals surface area contributed by atoms with E-state index in [4.69, 9.17) is 21.7 Å². The predicted octanol–water partition coefficient (Wildman–Crippen LogP) is 1.50. The summed E-state index contributed by atoms with van der Waals surface area (Å²) in [5.41, 5.74) is 0. The minimum absolute atomic E-state index is 0.684. The van der Waals surface area contributed by atoms with Crippen LogP contribution in [0, 0.1) is 5.92 Å². The van der Waals surface area contributed by atoms with Crippen LogP contribution in [-0.4, -0.2) is 81.1 Å². The van der Waals surface area contributed by atoms with Crippen molar-refractivity contribution in [2.75, 3.05) is 66.2 Å². The van der Waals surface area contributed by atoms with Gasteiger partial charge in [0.05, 0.1) is 19.8 Å². The molecule has 1 unspecified atom stereocenters. The summed E-state index contributed by atoms with van der Waals surface area (Å²) in [5, 5.41) is 4.20. The lowest BCUT2D eigenvalue weighted by Crippen LogP contribution is -2.48. The average molecular weight is 342 g/mol. The number of hydrogen-bond donors (Lipinski definition) is 1. The Labute approximate surface area is 146 Å². The van der Waals surface area contributed by atoms with E-state index < -0.39 is 0 Å². The number of methoxy groups -OCH3 is 1. The zero-order chi connectivity index (χ0) is 16.3. The van der Waals surface area contributed by atoms with E-state index in [0.29, 0.717) is 12.5 Å². The highest BCUT2D eigenvalue weighted by Gasteiger charge is 2.19. The van der Waals surface area contributed by atoms with Crippen molar-refractivity contribution in [1.82, 2.24) is 15.1 Å². The molecule has 2 rings (SSSR count). The Balaban J connectivity index is 1.81. The van der Waals surface area contributed by atoms with Crippen molar-refractivity contribution in [3.63, 3.8) is 0 Å². The highest BCUT2D eigenvalue weighted by Crippen LogP contribution is 2.19. The van der Waals surface area contributed by atoms with Crippen molar-refractivity contribution in [2.24, 2.45) is 5.92 Å². The molecule has 6 heteroatoms. The van der Waals surface area contributed by atoms with Crippen LogP contribution in [-0.2, 0) is 9.47 Å². The molecule has 23 heavy (non-hydrogen) atoms. The van der Waals surface area contributed by atoms with Crippen molar-refractivity contribution in [3.8, 4) is 0 Å². The first kappa shape index (κ1) is 18.6. The summed E-state index contributed by atoms with van der Waals surface area (Å²) in [6.45, 7) is 8.31. The summed E-state index contributed by atoms with van der Waals surface area (Å²) in [7, 11) is 1.72. The van der Waals surface area contributed by atoms with Gasteiger partial charge in [-0.15, -0.1) is 0 Å². The molecule has 1 N–H and O–H groups in total. The van der Waals surface area contributed by atoms with Crippen LogP contribution in [0.1, 0.15) is 19.3 Å². The van der Waals surface area contributed by atoms with Crippen LogP contribution in [0.5, 0.6) is 0 Å². The van der Waals surface area contributed by atoms with Gasteiger partial charge < -0.3 is 19.7 Å². The smallest absolute Gasteiger partial charge is 0.169 e. The van der Waals surface area contributed by atoms with Crippen LogP contribution in [0.2, 0.25) is 0 Å². The second kappa shape index (κ2) is 11.0. The first-order valence-corrected chi connectivity index (χ1v) is 9.17. The number of nitrogens with zero attached hydrogens (tertiary/aromatic N) is 2. The van der Waals surface area contributed by atoms with E-state index in [1.807, 2.05) is 0 Å². The average Bonchev–Trinajstić information content (AvgIpc) is 2.60. The highest BCUT2D eigenvalue weighted by molar-refractivity contribution is 7.80. The Morgan fingerprint density at radius 1 is 1.39 bits per heavy atom. The van der Waals surface area contributed by atoms with Crippen molar-refractivity contribution in [1.29, 1.82) is 0 Å². The molecular formula is C17H31N3O2S. The van der Waals surface area contributed by atoms with Crippen LogP contribution in [0.15, 0.2) is 12.2 Å². The Bertz CT molecular complexity index is 373. The normalized spacial score (nSPS) is 22.0. The van der Waals surface area contributed by atoms with Crippen molar-refractivity contribution in [2.45, 2.75) is 19.3 Å². The molecule has 0 aromatic heterocycles. The van der Waals surface area contributed by atoms with E-state index in [1.54, 1.807) is 7.11 Å². The molecule has 0 aromatic carbocycles.